The quantitative estimate of drug-likeness (QED) is 0.907. The van der Waals surface area contributed by atoms with E-state index in [-0.39, 0.29) is 5.91 Å². The van der Waals surface area contributed by atoms with E-state index < -0.39 is 11.5 Å². The van der Waals surface area contributed by atoms with Gasteiger partial charge in [0.15, 0.2) is 0 Å². The lowest BCUT2D eigenvalue weighted by Gasteiger charge is -2.25. The molecule has 1 amide bonds. The second-order valence-corrected chi connectivity index (χ2v) is 5.98. The Kier molecular flexibility index (Phi) is 3.90. The molecule has 1 aliphatic rings. The maximum absolute atomic E-state index is 12.4. The number of amides is 1. The van der Waals surface area contributed by atoms with Gasteiger partial charge in [-0.25, -0.2) is 9.48 Å². The molecule has 1 fully saturated rings. The molecule has 0 spiro atoms. The van der Waals surface area contributed by atoms with E-state index in [1.807, 2.05) is 13.0 Å². The number of carbonyl (C=O) groups is 2. The van der Waals surface area contributed by atoms with E-state index in [9.17, 15) is 14.7 Å². The van der Waals surface area contributed by atoms with E-state index in [4.69, 9.17) is 0 Å². The summed E-state index contributed by atoms with van der Waals surface area (Å²) in [6.45, 7) is 1.95. The summed E-state index contributed by atoms with van der Waals surface area (Å²) < 4.78 is 1.78. The third-order valence-electron chi connectivity index (χ3n) is 4.43. The molecular formula is C17H19N3O3. The Hall–Kier alpha value is -2.63. The van der Waals surface area contributed by atoms with Crippen molar-refractivity contribution in [2.75, 3.05) is 0 Å². The summed E-state index contributed by atoms with van der Waals surface area (Å²) in [5, 5.41) is 16.4. The molecule has 6 heteroatoms. The molecule has 6 nitrogen and oxygen atoms in total. The first kappa shape index (κ1) is 15.3. The molecule has 1 saturated carbocycles. The van der Waals surface area contributed by atoms with Gasteiger partial charge in [0, 0.05) is 17.5 Å². The van der Waals surface area contributed by atoms with E-state index >= 15 is 0 Å². The molecule has 2 aromatic rings. The first-order valence-electron chi connectivity index (χ1n) is 7.69. The molecule has 0 unspecified atom stereocenters. The maximum Gasteiger partial charge on any atom is 0.329 e. The molecule has 0 aliphatic heterocycles. The van der Waals surface area contributed by atoms with Gasteiger partial charge >= 0.3 is 5.97 Å². The molecule has 0 radical (unpaired) electrons. The normalized spacial score (nSPS) is 16.2. The second kappa shape index (κ2) is 5.87. The van der Waals surface area contributed by atoms with Crippen LogP contribution in [0.1, 0.15) is 41.7 Å². The van der Waals surface area contributed by atoms with Gasteiger partial charge in [0.05, 0.1) is 5.69 Å². The van der Waals surface area contributed by atoms with E-state index in [0.717, 1.165) is 24.2 Å². The predicted molar refractivity (Wildman–Crippen MR) is 84.6 cm³/mol. The number of aliphatic carboxylic acids is 1. The Labute approximate surface area is 134 Å². The topological polar surface area (TPSA) is 84.2 Å². The van der Waals surface area contributed by atoms with E-state index in [2.05, 4.69) is 10.4 Å². The highest BCUT2D eigenvalue weighted by Crippen LogP contribution is 2.30. The summed E-state index contributed by atoms with van der Waals surface area (Å²) in [7, 11) is 0. The lowest BCUT2D eigenvalue weighted by molar-refractivity contribution is -0.144. The number of hydrogen-bond acceptors (Lipinski definition) is 3. The highest BCUT2D eigenvalue weighted by Gasteiger charge is 2.42. The van der Waals surface area contributed by atoms with Crippen molar-refractivity contribution in [1.29, 1.82) is 0 Å². The predicted octanol–water partition coefficient (Wildman–Crippen LogP) is 2.31. The zero-order valence-electron chi connectivity index (χ0n) is 13.0. The monoisotopic (exact) mass is 313 g/mol. The molecule has 120 valence electrons. The number of benzene rings is 1. The van der Waals surface area contributed by atoms with Crippen LogP contribution in [-0.2, 0) is 4.79 Å². The molecule has 23 heavy (non-hydrogen) atoms. The van der Waals surface area contributed by atoms with Gasteiger partial charge in [-0.3, -0.25) is 4.79 Å². The average molecular weight is 313 g/mol. The van der Waals surface area contributed by atoms with Gasteiger partial charge in [-0.1, -0.05) is 12.8 Å². The van der Waals surface area contributed by atoms with Gasteiger partial charge in [0.1, 0.15) is 5.54 Å². The van der Waals surface area contributed by atoms with E-state index in [1.165, 1.54) is 0 Å². The first-order chi connectivity index (χ1) is 11.0. The fourth-order valence-electron chi connectivity index (χ4n) is 3.05. The first-order valence-corrected chi connectivity index (χ1v) is 7.69. The molecule has 1 aromatic heterocycles. The Morgan fingerprint density at radius 1 is 1.17 bits per heavy atom. The number of nitrogens with one attached hydrogen (secondary N) is 1. The van der Waals surface area contributed by atoms with Gasteiger partial charge < -0.3 is 10.4 Å². The summed E-state index contributed by atoms with van der Waals surface area (Å²) in [4.78, 5) is 23.9. The fraction of sp³-hybridized carbons (Fsp3) is 0.353. The van der Waals surface area contributed by atoms with Crippen LogP contribution >= 0.6 is 0 Å². The molecule has 0 atom stereocenters. The summed E-state index contributed by atoms with van der Waals surface area (Å²) in [5.41, 5.74) is 1.19. The van der Waals surface area contributed by atoms with E-state index in [0.29, 0.717) is 18.4 Å². The van der Waals surface area contributed by atoms with Gasteiger partial charge in [-0.05, 0) is 50.1 Å². The molecule has 0 bridgehead atoms. The van der Waals surface area contributed by atoms with Crippen molar-refractivity contribution in [2.24, 2.45) is 0 Å². The Morgan fingerprint density at radius 3 is 2.35 bits per heavy atom. The molecule has 3 rings (SSSR count). The maximum atomic E-state index is 12.4. The number of hydrogen-bond donors (Lipinski definition) is 2. The van der Waals surface area contributed by atoms with Gasteiger partial charge in [0.2, 0.25) is 0 Å². The van der Waals surface area contributed by atoms with E-state index in [1.54, 1.807) is 35.1 Å². The number of aryl methyl sites for hydroxylation is 1. The van der Waals surface area contributed by atoms with Crippen LogP contribution in [0.25, 0.3) is 5.69 Å². The Bertz CT molecular complexity index is 728. The molecule has 0 saturated heterocycles. The number of aromatic nitrogens is 2. The van der Waals surface area contributed by atoms with Crippen molar-refractivity contribution in [1.82, 2.24) is 15.1 Å². The zero-order valence-corrected chi connectivity index (χ0v) is 13.0. The summed E-state index contributed by atoms with van der Waals surface area (Å²) in [6.07, 6.45) is 4.33. The number of carbonyl (C=O) groups excluding carboxylic acids is 1. The number of carboxylic acids is 1. The van der Waals surface area contributed by atoms with Crippen molar-refractivity contribution >= 4 is 11.9 Å². The van der Waals surface area contributed by atoms with Crippen LogP contribution in [0.5, 0.6) is 0 Å². The van der Waals surface area contributed by atoms with Gasteiger partial charge in [0.25, 0.3) is 5.91 Å². The van der Waals surface area contributed by atoms with Crippen molar-refractivity contribution in [3.8, 4) is 5.69 Å². The average Bonchev–Trinajstić information content (AvgIpc) is 3.17. The molecule has 2 N–H and O–H groups in total. The largest absolute Gasteiger partial charge is 0.480 e. The lowest BCUT2D eigenvalue weighted by atomic mass is 9.97. The molecular weight excluding hydrogens is 294 g/mol. The van der Waals surface area contributed by atoms with Crippen molar-refractivity contribution in [2.45, 2.75) is 38.1 Å². The van der Waals surface area contributed by atoms with Crippen LogP contribution in [-0.4, -0.2) is 32.3 Å². The highest BCUT2D eigenvalue weighted by atomic mass is 16.4. The summed E-state index contributed by atoms with van der Waals surface area (Å²) >= 11 is 0. The number of rotatable bonds is 4. The third-order valence-corrected chi connectivity index (χ3v) is 4.43. The van der Waals surface area contributed by atoms with Gasteiger partial charge in [-0.2, -0.15) is 5.10 Å². The Morgan fingerprint density at radius 2 is 1.83 bits per heavy atom. The second-order valence-electron chi connectivity index (χ2n) is 5.98. The summed E-state index contributed by atoms with van der Waals surface area (Å²) in [6, 6.07) is 8.89. The van der Waals surface area contributed by atoms with Crippen LogP contribution < -0.4 is 5.32 Å². The minimum Gasteiger partial charge on any atom is -0.480 e. The van der Waals surface area contributed by atoms with Crippen LogP contribution in [0.4, 0.5) is 0 Å². The minimum atomic E-state index is -1.12. The third kappa shape index (κ3) is 2.84. The van der Waals surface area contributed by atoms with Crippen LogP contribution in [0, 0.1) is 6.92 Å². The minimum absolute atomic E-state index is 0.349. The van der Waals surface area contributed by atoms with Crippen molar-refractivity contribution in [3.05, 3.63) is 47.8 Å². The number of carboxylic acid groups (broad SMARTS) is 1. The molecule has 1 aromatic carbocycles. The zero-order chi connectivity index (χ0) is 16.4. The molecule has 1 heterocycles. The summed E-state index contributed by atoms with van der Waals surface area (Å²) in [5.74, 6) is -1.30. The van der Waals surface area contributed by atoms with Crippen molar-refractivity contribution < 1.29 is 14.7 Å². The SMILES string of the molecule is Cc1ccnn1-c1ccc(C(=O)NC2(C(=O)O)CCCC2)cc1. The Balaban J connectivity index is 1.78. The lowest BCUT2D eigenvalue weighted by Crippen LogP contribution is -2.52. The number of nitrogens with zero attached hydrogens (tertiary/aromatic N) is 2. The smallest absolute Gasteiger partial charge is 0.329 e. The fourth-order valence-corrected chi connectivity index (χ4v) is 3.05. The highest BCUT2D eigenvalue weighted by molar-refractivity contribution is 5.98. The van der Waals surface area contributed by atoms with Crippen LogP contribution in [0.3, 0.4) is 0 Å². The molecule has 1 aliphatic carbocycles. The standard InChI is InChI=1S/C17H19N3O3/c1-12-8-11-18-20(12)14-6-4-13(5-7-14)15(21)19-17(16(22)23)9-2-3-10-17/h4-8,11H,2-3,9-10H2,1H3,(H,19,21)(H,22,23). The van der Waals surface area contributed by atoms with Crippen LogP contribution in [0.2, 0.25) is 0 Å². The van der Waals surface area contributed by atoms with Crippen molar-refractivity contribution in [3.63, 3.8) is 0 Å². The van der Waals surface area contributed by atoms with Gasteiger partial charge in [-0.15, -0.1) is 0 Å². The van der Waals surface area contributed by atoms with Crippen LogP contribution in [0.15, 0.2) is 36.5 Å².